The molecule has 0 unspecified atom stereocenters. The van der Waals surface area contributed by atoms with Crippen LogP contribution in [0.15, 0.2) is 16.9 Å². The van der Waals surface area contributed by atoms with E-state index < -0.39 is 0 Å². The minimum atomic E-state index is -0.213. The highest BCUT2D eigenvalue weighted by Gasteiger charge is 2.08. The molecule has 0 aliphatic heterocycles. The molecular formula is C10H13N5O. The summed E-state index contributed by atoms with van der Waals surface area (Å²) in [6.45, 7) is 3.73. The van der Waals surface area contributed by atoms with Crippen molar-refractivity contribution in [2.24, 2.45) is 0 Å². The number of aromatic amines is 1. The van der Waals surface area contributed by atoms with Crippen LogP contribution in [0.3, 0.4) is 0 Å². The Morgan fingerprint density at radius 3 is 2.81 bits per heavy atom. The smallest absolute Gasteiger partial charge is 0.252 e. The first kappa shape index (κ1) is 10.4. The molecule has 0 radical (unpaired) electrons. The molecule has 0 aliphatic carbocycles. The van der Waals surface area contributed by atoms with Crippen LogP contribution in [0.2, 0.25) is 0 Å². The van der Waals surface area contributed by atoms with E-state index in [1.807, 2.05) is 6.92 Å². The average molecular weight is 219 g/mol. The van der Waals surface area contributed by atoms with Gasteiger partial charge in [-0.1, -0.05) is 6.92 Å². The standard InChI is InChI=1S/C10H13N5O/c1-3-7-5-8(11)15(14-7)10-12-6(2)4-9(16)13-10/h4-5H,3,11H2,1-2H3,(H,12,13,16). The maximum Gasteiger partial charge on any atom is 0.252 e. The summed E-state index contributed by atoms with van der Waals surface area (Å²) in [6, 6.07) is 3.19. The number of anilines is 1. The zero-order chi connectivity index (χ0) is 11.7. The molecule has 2 aromatic rings. The van der Waals surface area contributed by atoms with Gasteiger partial charge in [-0.3, -0.25) is 9.78 Å². The molecule has 0 saturated heterocycles. The summed E-state index contributed by atoms with van der Waals surface area (Å²) in [5, 5.41) is 4.24. The first-order chi connectivity index (χ1) is 7.60. The lowest BCUT2D eigenvalue weighted by Crippen LogP contribution is -2.15. The molecule has 0 fully saturated rings. The number of nitrogens with one attached hydrogen (secondary N) is 1. The summed E-state index contributed by atoms with van der Waals surface area (Å²) >= 11 is 0. The molecule has 84 valence electrons. The van der Waals surface area contributed by atoms with Crippen molar-refractivity contribution in [2.45, 2.75) is 20.3 Å². The number of hydrogen-bond donors (Lipinski definition) is 2. The molecule has 3 N–H and O–H groups in total. The predicted octanol–water partition coefficient (Wildman–Crippen LogP) is 0.409. The van der Waals surface area contributed by atoms with Crippen molar-refractivity contribution in [3.8, 4) is 5.95 Å². The topological polar surface area (TPSA) is 89.6 Å². The monoisotopic (exact) mass is 219 g/mol. The van der Waals surface area contributed by atoms with E-state index in [0.717, 1.165) is 12.1 Å². The third-order valence-corrected chi connectivity index (χ3v) is 2.21. The van der Waals surface area contributed by atoms with Gasteiger partial charge in [0.15, 0.2) is 0 Å². The van der Waals surface area contributed by atoms with Crippen molar-refractivity contribution in [1.82, 2.24) is 19.7 Å². The maximum absolute atomic E-state index is 11.3. The number of hydrogen-bond acceptors (Lipinski definition) is 4. The number of rotatable bonds is 2. The molecule has 2 rings (SSSR count). The minimum Gasteiger partial charge on any atom is -0.383 e. The first-order valence-corrected chi connectivity index (χ1v) is 5.03. The second-order valence-corrected chi connectivity index (χ2v) is 3.54. The Morgan fingerprint density at radius 2 is 2.25 bits per heavy atom. The first-order valence-electron chi connectivity index (χ1n) is 5.03. The largest absolute Gasteiger partial charge is 0.383 e. The lowest BCUT2D eigenvalue weighted by atomic mass is 10.3. The quantitative estimate of drug-likeness (QED) is 0.765. The molecule has 0 amide bonds. The van der Waals surface area contributed by atoms with Gasteiger partial charge in [0, 0.05) is 17.8 Å². The Morgan fingerprint density at radius 1 is 1.50 bits per heavy atom. The molecule has 6 heteroatoms. The number of nitrogen functional groups attached to an aromatic ring is 1. The highest BCUT2D eigenvalue weighted by Crippen LogP contribution is 2.10. The molecule has 0 spiro atoms. The van der Waals surface area contributed by atoms with Gasteiger partial charge in [-0.15, -0.1) is 0 Å². The van der Waals surface area contributed by atoms with E-state index in [0.29, 0.717) is 17.5 Å². The molecule has 0 saturated carbocycles. The fourth-order valence-electron chi connectivity index (χ4n) is 1.45. The Bertz CT molecular complexity index is 569. The van der Waals surface area contributed by atoms with Crippen molar-refractivity contribution in [3.05, 3.63) is 33.9 Å². The summed E-state index contributed by atoms with van der Waals surface area (Å²) in [5.74, 6) is 0.813. The van der Waals surface area contributed by atoms with E-state index >= 15 is 0 Å². The molecule has 2 heterocycles. The van der Waals surface area contributed by atoms with Crippen molar-refractivity contribution in [2.75, 3.05) is 5.73 Å². The van der Waals surface area contributed by atoms with E-state index in [1.54, 1.807) is 13.0 Å². The van der Waals surface area contributed by atoms with Gasteiger partial charge in [-0.05, 0) is 13.3 Å². The van der Waals surface area contributed by atoms with E-state index in [2.05, 4.69) is 15.1 Å². The number of nitrogens with two attached hydrogens (primary N) is 1. The molecule has 2 aromatic heterocycles. The molecule has 0 aliphatic rings. The molecule has 0 bridgehead atoms. The third-order valence-electron chi connectivity index (χ3n) is 2.21. The average Bonchev–Trinajstić information content (AvgIpc) is 2.58. The third kappa shape index (κ3) is 1.81. The van der Waals surface area contributed by atoms with E-state index in [4.69, 9.17) is 5.73 Å². The SMILES string of the molecule is CCc1cc(N)n(-c2nc(C)cc(=O)[nH]2)n1. The molecule has 0 atom stereocenters. The van der Waals surface area contributed by atoms with Crippen molar-refractivity contribution in [1.29, 1.82) is 0 Å². The Labute approximate surface area is 92.1 Å². The van der Waals surface area contributed by atoms with Crippen LogP contribution in [0.5, 0.6) is 0 Å². The summed E-state index contributed by atoms with van der Waals surface area (Å²) < 4.78 is 1.44. The van der Waals surface area contributed by atoms with Gasteiger partial charge in [-0.25, -0.2) is 4.98 Å². The summed E-state index contributed by atoms with van der Waals surface area (Å²) in [5.41, 5.74) is 7.07. The van der Waals surface area contributed by atoms with Crippen LogP contribution in [-0.2, 0) is 6.42 Å². The van der Waals surface area contributed by atoms with Gasteiger partial charge >= 0.3 is 0 Å². The second-order valence-electron chi connectivity index (χ2n) is 3.54. The molecular weight excluding hydrogens is 206 g/mol. The van der Waals surface area contributed by atoms with Crippen molar-refractivity contribution in [3.63, 3.8) is 0 Å². The van der Waals surface area contributed by atoms with Crippen LogP contribution in [0, 0.1) is 6.92 Å². The zero-order valence-corrected chi connectivity index (χ0v) is 9.19. The number of aromatic nitrogens is 4. The molecule has 0 aromatic carbocycles. The number of aryl methyl sites for hydroxylation is 2. The summed E-state index contributed by atoms with van der Waals surface area (Å²) in [7, 11) is 0. The van der Waals surface area contributed by atoms with Crippen LogP contribution in [0.25, 0.3) is 5.95 Å². The fraction of sp³-hybridized carbons (Fsp3) is 0.300. The van der Waals surface area contributed by atoms with Crippen LogP contribution >= 0.6 is 0 Å². The highest BCUT2D eigenvalue weighted by molar-refractivity contribution is 5.36. The second kappa shape index (κ2) is 3.80. The van der Waals surface area contributed by atoms with Crippen LogP contribution in [-0.4, -0.2) is 19.7 Å². The Hall–Kier alpha value is -2.11. The van der Waals surface area contributed by atoms with Crippen molar-refractivity contribution < 1.29 is 0 Å². The Balaban J connectivity index is 2.57. The maximum atomic E-state index is 11.3. The molecule has 6 nitrogen and oxygen atoms in total. The van der Waals surface area contributed by atoms with Gasteiger partial charge in [0.1, 0.15) is 5.82 Å². The van der Waals surface area contributed by atoms with Crippen LogP contribution < -0.4 is 11.3 Å². The predicted molar refractivity (Wildman–Crippen MR) is 60.5 cm³/mol. The Kier molecular flexibility index (Phi) is 2.47. The minimum absolute atomic E-state index is 0.213. The lowest BCUT2D eigenvalue weighted by molar-refractivity contribution is 0.781. The summed E-state index contributed by atoms with van der Waals surface area (Å²) in [4.78, 5) is 18.1. The van der Waals surface area contributed by atoms with Crippen LogP contribution in [0.4, 0.5) is 5.82 Å². The fourth-order valence-corrected chi connectivity index (χ4v) is 1.45. The van der Waals surface area contributed by atoms with Crippen molar-refractivity contribution >= 4 is 5.82 Å². The van der Waals surface area contributed by atoms with E-state index in [9.17, 15) is 4.79 Å². The molecule has 16 heavy (non-hydrogen) atoms. The summed E-state index contributed by atoms with van der Waals surface area (Å²) in [6.07, 6.45) is 0.785. The van der Waals surface area contributed by atoms with Gasteiger partial charge in [0.25, 0.3) is 5.56 Å². The van der Waals surface area contributed by atoms with Gasteiger partial charge in [0.2, 0.25) is 5.95 Å². The normalized spacial score (nSPS) is 10.6. The lowest BCUT2D eigenvalue weighted by Gasteiger charge is -2.02. The zero-order valence-electron chi connectivity index (χ0n) is 9.19. The van der Waals surface area contributed by atoms with E-state index in [1.165, 1.54) is 10.7 Å². The van der Waals surface area contributed by atoms with E-state index in [-0.39, 0.29) is 5.56 Å². The van der Waals surface area contributed by atoms with Crippen LogP contribution in [0.1, 0.15) is 18.3 Å². The van der Waals surface area contributed by atoms with Gasteiger partial charge in [0.05, 0.1) is 5.69 Å². The van der Waals surface area contributed by atoms with Gasteiger partial charge in [-0.2, -0.15) is 9.78 Å². The van der Waals surface area contributed by atoms with Gasteiger partial charge < -0.3 is 5.73 Å². The number of nitrogens with zero attached hydrogens (tertiary/aromatic N) is 3. The highest BCUT2D eigenvalue weighted by atomic mass is 16.1. The number of H-pyrrole nitrogens is 1.